The number of ether oxygens (including phenoxy) is 1. The van der Waals surface area contributed by atoms with Crippen LogP contribution in [0.2, 0.25) is 0 Å². The summed E-state index contributed by atoms with van der Waals surface area (Å²) in [4.78, 5) is 5.77. The van der Waals surface area contributed by atoms with Gasteiger partial charge in [0.05, 0.1) is 0 Å². The summed E-state index contributed by atoms with van der Waals surface area (Å²) in [6, 6.07) is 17.1. The van der Waals surface area contributed by atoms with E-state index in [0.29, 0.717) is 0 Å². The van der Waals surface area contributed by atoms with Crippen molar-refractivity contribution in [1.82, 2.24) is 9.88 Å². The number of nitrogens with zero attached hydrogens (tertiary/aromatic N) is 1. The normalized spacial score (nSPS) is 25.9. The minimum absolute atomic E-state index is 0.274. The molecule has 2 aromatic carbocycles. The van der Waals surface area contributed by atoms with Gasteiger partial charge in [0.15, 0.2) is 6.23 Å². The summed E-state index contributed by atoms with van der Waals surface area (Å²) in [5.41, 5.74) is 3.68. The van der Waals surface area contributed by atoms with Crippen LogP contribution in [0, 0.1) is 5.92 Å². The molecule has 3 aliphatic rings. The highest BCUT2D eigenvalue weighted by Crippen LogP contribution is 2.34. The highest BCUT2D eigenvalue weighted by atomic mass is 16.5. The van der Waals surface area contributed by atoms with Crippen molar-refractivity contribution in [3.05, 3.63) is 54.7 Å². The second kappa shape index (κ2) is 5.67. The van der Waals surface area contributed by atoms with E-state index in [0.717, 1.165) is 11.7 Å². The quantitative estimate of drug-likeness (QED) is 0.761. The maximum Gasteiger partial charge on any atom is 0.152 e. The second-order valence-electron chi connectivity index (χ2n) is 7.06. The summed E-state index contributed by atoms with van der Waals surface area (Å²) in [7, 11) is 0. The van der Waals surface area contributed by atoms with Crippen molar-refractivity contribution >= 4 is 10.9 Å². The van der Waals surface area contributed by atoms with Crippen LogP contribution in [0.3, 0.4) is 0 Å². The van der Waals surface area contributed by atoms with E-state index in [-0.39, 0.29) is 6.23 Å². The Morgan fingerprint density at radius 2 is 1.79 bits per heavy atom. The number of piperidine rings is 3. The lowest BCUT2D eigenvalue weighted by molar-refractivity contribution is -0.0605. The highest BCUT2D eigenvalue weighted by molar-refractivity contribution is 5.95. The van der Waals surface area contributed by atoms with E-state index in [9.17, 15) is 0 Å². The first kappa shape index (κ1) is 14.1. The van der Waals surface area contributed by atoms with E-state index in [4.69, 9.17) is 4.74 Å². The van der Waals surface area contributed by atoms with Crippen molar-refractivity contribution in [1.29, 1.82) is 0 Å². The monoisotopic (exact) mass is 318 g/mol. The van der Waals surface area contributed by atoms with Crippen molar-refractivity contribution in [3.63, 3.8) is 0 Å². The van der Waals surface area contributed by atoms with Gasteiger partial charge >= 0.3 is 0 Å². The molecule has 2 bridgehead atoms. The third-order valence-electron chi connectivity index (χ3n) is 5.62. The van der Waals surface area contributed by atoms with Gasteiger partial charge in [-0.2, -0.15) is 0 Å². The van der Waals surface area contributed by atoms with E-state index < -0.39 is 0 Å². The molecule has 3 aliphatic heterocycles. The number of rotatable bonds is 3. The Morgan fingerprint density at radius 1 is 0.958 bits per heavy atom. The molecule has 0 radical (unpaired) electrons. The van der Waals surface area contributed by atoms with Crippen LogP contribution in [-0.2, 0) is 0 Å². The van der Waals surface area contributed by atoms with Gasteiger partial charge < -0.3 is 9.72 Å². The van der Waals surface area contributed by atoms with Crippen LogP contribution in [0.25, 0.3) is 22.0 Å². The van der Waals surface area contributed by atoms with Crippen LogP contribution in [0.15, 0.2) is 54.7 Å². The zero-order valence-electron chi connectivity index (χ0n) is 13.7. The first-order chi connectivity index (χ1) is 11.9. The smallest absolute Gasteiger partial charge is 0.152 e. The van der Waals surface area contributed by atoms with Gasteiger partial charge in [-0.15, -0.1) is 0 Å². The van der Waals surface area contributed by atoms with E-state index in [2.05, 4.69) is 58.4 Å². The fourth-order valence-corrected chi connectivity index (χ4v) is 4.24. The van der Waals surface area contributed by atoms with Crippen molar-refractivity contribution in [2.75, 3.05) is 13.1 Å². The number of nitrogens with one attached hydrogen (secondary N) is 1. The Labute approximate surface area is 142 Å². The van der Waals surface area contributed by atoms with Crippen LogP contribution in [0.5, 0.6) is 5.75 Å². The summed E-state index contributed by atoms with van der Waals surface area (Å²) in [6.07, 6.45) is 6.15. The molecule has 1 atom stereocenters. The topological polar surface area (TPSA) is 28.3 Å². The Balaban J connectivity index is 1.38. The molecule has 24 heavy (non-hydrogen) atoms. The van der Waals surface area contributed by atoms with Gasteiger partial charge in [0.1, 0.15) is 5.75 Å². The van der Waals surface area contributed by atoms with Gasteiger partial charge in [0.25, 0.3) is 0 Å². The van der Waals surface area contributed by atoms with Gasteiger partial charge in [-0.05, 0) is 54.2 Å². The summed E-state index contributed by atoms with van der Waals surface area (Å²) in [5.74, 6) is 1.85. The third-order valence-corrected chi connectivity index (χ3v) is 5.62. The average Bonchev–Trinajstić information content (AvgIpc) is 3.12. The lowest BCUT2D eigenvalue weighted by Gasteiger charge is -2.44. The Bertz CT molecular complexity index is 844. The Kier molecular flexibility index (Phi) is 3.34. The van der Waals surface area contributed by atoms with Gasteiger partial charge in [-0.3, -0.25) is 4.90 Å². The summed E-state index contributed by atoms with van der Waals surface area (Å²) in [5, 5.41) is 1.27. The summed E-state index contributed by atoms with van der Waals surface area (Å²) < 4.78 is 6.27. The predicted octanol–water partition coefficient (Wildman–Crippen LogP) is 4.66. The van der Waals surface area contributed by atoms with Crippen molar-refractivity contribution in [2.45, 2.75) is 25.5 Å². The minimum atomic E-state index is 0.274. The maximum absolute atomic E-state index is 6.27. The molecule has 4 heterocycles. The standard InChI is InChI=1S/C21H22N2O/c1-2-18(19-8-11-22-20(19)3-1)16-4-6-17(7-5-16)24-21-14-15-9-12-23(21)13-10-15/h1-8,11,15,21-22H,9-10,12-14H2. The Hall–Kier alpha value is -2.26. The van der Waals surface area contributed by atoms with Crippen LogP contribution < -0.4 is 4.74 Å². The molecule has 1 aromatic heterocycles. The van der Waals surface area contributed by atoms with Crippen LogP contribution in [0.1, 0.15) is 19.3 Å². The first-order valence-electron chi connectivity index (χ1n) is 8.94. The molecule has 1 unspecified atom stereocenters. The molecule has 0 spiro atoms. The summed E-state index contributed by atoms with van der Waals surface area (Å²) in [6.45, 7) is 2.39. The lowest BCUT2D eigenvalue weighted by atomic mass is 9.87. The molecule has 122 valence electrons. The van der Waals surface area contributed by atoms with Gasteiger partial charge in [0, 0.05) is 36.6 Å². The fourth-order valence-electron chi connectivity index (χ4n) is 4.24. The lowest BCUT2D eigenvalue weighted by Crippen LogP contribution is -2.51. The molecule has 0 amide bonds. The van der Waals surface area contributed by atoms with E-state index in [1.54, 1.807) is 0 Å². The van der Waals surface area contributed by atoms with Crippen molar-refractivity contribution in [3.8, 4) is 16.9 Å². The summed E-state index contributed by atoms with van der Waals surface area (Å²) >= 11 is 0. The van der Waals surface area contributed by atoms with Gasteiger partial charge in [0.2, 0.25) is 0 Å². The number of H-pyrrole nitrogens is 1. The Morgan fingerprint density at radius 3 is 2.54 bits per heavy atom. The second-order valence-corrected chi connectivity index (χ2v) is 7.06. The van der Waals surface area contributed by atoms with E-state index in [1.165, 1.54) is 54.4 Å². The van der Waals surface area contributed by atoms with Crippen LogP contribution in [0.4, 0.5) is 0 Å². The number of benzene rings is 2. The van der Waals surface area contributed by atoms with Crippen molar-refractivity contribution < 1.29 is 4.74 Å². The van der Waals surface area contributed by atoms with Crippen LogP contribution >= 0.6 is 0 Å². The zero-order chi connectivity index (χ0) is 15.9. The molecule has 3 fully saturated rings. The van der Waals surface area contributed by atoms with E-state index >= 15 is 0 Å². The van der Waals surface area contributed by atoms with Gasteiger partial charge in [-0.1, -0.05) is 24.3 Å². The van der Waals surface area contributed by atoms with Crippen molar-refractivity contribution in [2.24, 2.45) is 5.92 Å². The fraction of sp³-hybridized carbons (Fsp3) is 0.333. The first-order valence-corrected chi connectivity index (χ1v) is 8.94. The molecular formula is C21H22N2O. The minimum Gasteiger partial charge on any atom is -0.475 e. The molecule has 0 saturated carbocycles. The van der Waals surface area contributed by atoms with E-state index in [1.807, 2.05) is 6.20 Å². The number of fused-ring (bicyclic) bond motifs is 4. The SMILES string of the molecule is c1cc(-c2ccc(OC3CC4CCN3CC4)cc2)c2cc[nH]c2c1. The van der Waals surface area contributed by atoms with Gasteiger partial charge in [-0.25, -0.2) is 0 Å². The molecule has 0 aliphatic carbocycles. The highest BCUT2D eigenvalue weighted by Gasteiger charge is 2.34. The number of hydrogen-bond acceptors (Lipinski definition) is 2. The average molecular weight is 318 g/mol. The number of aromatic amines is 1. The largest absolute Gasteiger partial charge is 0.475 e. The number of hydrogen-bond donors (Lipinski definition) is 1. The molecule has 3 nitrogen and oxygen atoms in total. The molecular weight excluding hydrogens is 296 g/mol. The molecule has 3 saturated heterocycles. The van der Waals surface area contributed by atoms with Crippen LogP contribution in [-0.4, -0.2) is 29.2 Å². The molecule has 6 rings (SSSR count). The number of aromatic nitrogens is 1. The molecule has 3 aromatic rings. The molecule has 1 N–H and O–H groups in total. The predicted molar refractivity (Wildman–Crippen MR) is 97.1 cm³/mol. The third kappa shape index (κ3) is 2.40. The molecule has 3 heteroatoms. The zero-order valence-corrected chi connectivity index (χ0v) is 13.7. The maximum atomic E-state index is 6.27.